The lowest BCUT2D eigenvalue weighted by Gasteiger charge is -2.20. The van der Waals surface area contributed by atoms with Crippen LogP contribution >= 0.6 is 0 Å². The molecule has 0 aromatic carbocycles. The van der Waals surface area contributed by atoms with Gasteiger partial charge >= 0.3 is 5.97 Å². The Hall–Kier alpha value is -1.36. The van der Waals surface area contributed by atoms with Crippen molar-refractivity contribution < 1.29 is 14.4 Å². The number of carbonyl (C=O) groups is 1. The van der Waals surface area contributed by atoms with Crippen molar-refractivity contribution in [2.75, 3.05) is 13.1 Å². The van der Waals surface area contributed by atoms with Crippen LogP contribution in [-0.4, -0.2) is 34.2 Å². The number of carboxylic acid groups (broad SMARTS) is 1. The smallest absolute Gasteiger partial charge is 0.317 e. The molecule has 1 rings (SSSR count). The van der Waals surface area contributed by atoms with Crippen LogP contribution in [0.1, 0.15) is 25.3 Å². The van der Waals surface area contributed by atoms with Gasteiger partial charge in [0.15, 0.2) is 0 Å². The van der Waals surface area contributed by atoms with Gasteiger partial charge in [0, 0.05) is 19.2 Å². The maximum atomic E-state index is 10.7. The van der Waals surface area contributed by atoms with Crippen molar-refractivity contribution >= 4 is 5.97 Å². The maximum absolute atomic E-state index is 10.7. The molecule has 0 atom stereocenters. The average Bonchev–Trinajstić information content (AvgIpc) is 2.48. The average molecular weight is 226 g/mol. The summed E-state index contributed by atoms with van der Waals surface area (Å²) in [7, 11) is 0. The summed E-state index contributed by atoms with van der Waals surface area (Å²) in [6.07, 6.45) is 0. The number of nitrogens with zero attached hydrogens (tertiary/aromatic N) is 2. The Kier molecular flexibility index (Phi) is 4.49. The lowest BCUT2D eigenvalue weighted by molar-refractivity contribution is -0.138. The summed E-state index contributed by atoms with van der Waals surface area (Å²) in [6, 6.07) is 1.83. The van der Waals surface area contributed by atoms with Crippen LogP contribution in [0.5, 0.6) is 0 Å². The van der Waals surface area contributed by atoms with Crippen molar-refractivity contribution in [3.05, 3.63) is 17.5 Å². The fourth-order valence-electron chi connectivity index (χ4n) is 1.61. The van der Waals surface area contributed by atoms with Crippen molar-refractivity contribution in [3.63, 3.8) is 0 Å². The molecule has 0 aliphatic heterocycles. The third kappa shape index (κ3) is 4.44. The lowest BCUT2D eigenvalue weighted by atomic mass is 10.2. The van der Waals surface area contributed by atoms with Crippen LogP contribution in [0, 0.1) is 12.8 Å². The van der Waals surface area contributed by atoms with E-state index >= 15 is 0 Å². The summed E-state index contributed by atoms with van der Waals surface area (Å²) in [5, 5.41) is 12.7. The first kappa shape index (κ1) is 12.7. The molecule has 1 aromatic heterocycles. The number of rotatable bonds is 6. The van der Waals surface area contributed by atoms with Gasteiger partial charge in [0.25, 0.3) is 0 Å². The molecule has 5 nitrogen and oxygen atoms in total. The van der Waals surface area contributed by atoms with Gasteiger partial charge in [0.05, 0.1) is 12.2 Å². The second-order valence-corrected chi connectivity index (χ2v) is 4.39. The molecule has 0 bridgehead atoms. The SMILES string of the molecule is Cc1cc(CN(CC(=O)O)CC(C)C)no1. The molecule has 0 aliphatic carbocycles. The van der Waals surface area contributed by atoms with E-state index in [4.69, 9.17) is 9.63 Å². The van der Waals surface area contributed by atoms with Crippen molar-refractivity contribution in [2.24, 2.45) is 5.92 Å². The summed E-state index contributed by atoms with van der Waals surface area (Å²) in [6.45, 7) is 7.22. The molecule has 0 spiro atoms. The summed E-state index contributed by atoms with van der Waals surface area (Å²) in [5.74, 6) is 0.350. The molecule has 0 saturated heterocycles. The number of aromatic nitrogens is 1. The third-order valence-corrected chi connectivity index (χ3v) is 2.04. The van der Waals surface area contributed by atoms with Gasteiger partial charge in [-0.2, -0.15) is 0 Å². The van der Waals surface area contributed by atoms with Crippen LogP contribution in [0.3, 0.4) is 0 Å². The second-order valence-electron chi connectivity index (χ2n) is 4.39. The Balaban J connectivity index is 2.58. The van der Waals surface area contributed by atoms with E-state index in [9.17, 15) is 4.79 Å². The van der Waals surface area contributed by atoms with E-state index in [1.165, 1.54) is 0 Å². The third-order valence-electron chi connectivity index (χ3n) is 2.04. The summed E-state index contributed by atoms with van der Waals surface area (Å²) >= 11 is 0. The number of hydrogen-bond donors (Lipinski definition) is 1. The highest BCUT2D eigenvalue weighted by Crippen LogP contribution is 2.07. The van der Waals surface area contributed by atoms with Crippen LogP contribution in [0.15, 0.2) is 10.6 Å². The van der Waals surface area contributed by atoms with Gasteiger partial charge in [-0.05, 0) is 12.8 Å². The molecule has 0 aliphatic rings. The van der Waals surface area contributed by atoms with Crippen molar-refractivity contribution in [2.45, 2.75) is 27.3 Å². The minimum atomic E-state index is -0.819. The Labute approximate surface area is 95.0 Å². The molecule has 1 heterocycles. The fraction of sp³-hybridized carbons (Fsp3) is 0.636. The topological polar surface area (TPSA) is 66.6 Å². The van der Waals surface area contributed by atoms with Crippen molar-refractivity contribution in [1.82, 2.24) is 10.1 Å². The predicted octanol–water partition coefficient (Wildman–Crippen LogP) is 1.53. The molecule has 16 heavy (non-hydrogen) atoms. The van der Waals surface area contributed by atoms with Crippen molar-refractivity contribution in [1.29, 1.82) is 0 Å². The Morgan fingerprint density at radius 1 is 1.62 bits per heavy atom. The van der Waals surface area contributed by atoms with Gasteiger partial charge in [0.1, 0.15) is 5.76 Å². The Bertz CT molecular complexity index is 347. The van der Waals surface area contributed by atoms with Crippen molar-refractivity contribution in [3.8, 4) is 0 Å². The van der Waals surface area contributed by atoms with E-state index in [1.54, 1.807) is 0 Å². The molecule has 0 saturated carbocycles. The molecule has 90 valence electrons. The quantitative estimate of drug-likeness (QED) is 0.796. The van der Waals surface area contributed by atoms with Crippen LogP contribution in [-0.2, 0) is 11.3 Å². The largest absolute Gasteiger partial charge is 0.480 e. The van der Waals surface area contributed by atoms with E-state index in [1.807, 2.05) is 17.9 Å². The van der Waals surface area contributed by atoms with Crippen LogP contribution in [0.4, 0.5) is 0 Å². The fourth-order valence-corrected chi connectivity index (χ4v) is 1.61. The van der Waals surface area contributed by atoms with Crippen LogP contribution in [0.2, 0.25) is 0 Å². The molecule has 0 fully saturated rings. The first-order chi connectivity index (χ1) is 7.47. The zero-order valence-electron chi connectivity index (χ0n) is 9.93. The number of aliphatic carboxylic acids is 1. The molecule has 0 radical (unpaired) electrons. The Morgan fingerprint density at radius 2 is 2.31 bits per heavy atom. The van der Waals surface area contributed by atoms with Gasteiger partial charge in [0.2, 0.25) is 0 Å². The summed E-state index contributed by atoms with van der Waals surface area (Å²) in [4.78, 5) is 12.6. The van der Waals surface area contributed by atoms with E-state index in [0.29, 0.717) is 12.5 Å². The minimum Gasteiger partial charge on any atom is -0.480 e. The van der Waals surface area contributed by atoms with Crippen LogP contribution in [0.25, 0.3) is 0 Å². The minimum absolute atomic E-state index is 0.0318. The molecule has 0 amide bonds. The molecular formula is C11H18N2O3. The normalized spacial score (nSPS) is 11.3. The molecule has 1 aromatic rings. The van der Waals surface area contributed by atoms with Gasteiger partial charge in [-0.1, -0.05) is 19.0 Å². The molecule has 5 heteroatoms. The lowest BCUT2D eigenvalue weighted by Crippen LogP contribution is -2.32. The molecular weight excluding hydrogens is 208 g/mol. The van der Waals surface area contributed by atoms with Gasteiger partial charge in [-0.25, -0.2) is 0 Å². The summed E-state index contributed by atoms with van der Waals surface area (Å²) in [5.41, 5.74) is 0.777. The first-order valence-corrected chi connectivity index (χ1v) is 5.33. The van der Waals surface area contributed by atoms with Crippen LogP contribution < -0.4 is 0 Å². The number of aryl methyl sites for hydroxylation is 1. The molecule has 1 N–H and O–H groups in total. The Morgan fingerprint density at radius 3 is 2.75 bits per heavy atom. The van der Waals surface area contributed by atoms with E-state index in [-0.39, 0.29) is 6.54 Å². The zero-order chi connectivity index (χ0) is 12.1. The first-order valence-electron chi connectivity index (χ1n) is 5.33. The number of carboxylic acids is 1. The van der Waals surface area contributed by atoms with E-state index in [0.717, 1.165) is 18.0 Å². The highest BCUT2D eigenvalue weighted by Gasteiger charge is 2.13. The monoisotopic (exact) mass is 226 g/mol. The van der Waals surface area contributed by atoms with E-state index < -0.39 is 5.97 Å². The standard InChI is InChI=1S/C11H18N2O3/c1-8(2)5-13(7-11(14)15)6-10-4-9(3)16-12-10/h4,8H,5-7H2,1-3H3,(H,14,15). The second kappa shape index (κ2) is 5.65. The summed E-state index contributed by atoms with van der Waals surface area (Å²) < 4.78 is 4.95. The van der Waals surface area contributed by atoms with E-state index in [2.05, 4.69) is 19.0 Å². The van der Waals surface area contributed by atoms with Gasteiger partial charge in [-0.15, -0.1) is 0 Å². The predicted molar refractivity (Wildman–Crippen MR) is 59.0 cm³/mol. The highest BCUT2D eigenvalue weighted by molar-refractivity contribution is 5.69. The van der Waals surface area contributed by atoms with Gasteiger partial charge in [-0.3, -0.25) is 9.69 Å². The van der Waals surface area contributed by atoms with Gasteiger partial charge < -0.3 is 9.63 Å². The zero-order valence-corrected chi connectivity index (χ0v) is 9.93. The molecule has 0 unspecified atom stereocenters. The maximum Gasteiger partial charge on any atom is 0.317 e. The number of hydrogen-bond acceptors (Lipinski definition) is 4. The highest BCUT2D eigenvalue weighted by atomic mass is 16.5.